The molecule has 2 aromatic heterocycles. The van der Waals surface area contributed by atoms with Crippen LogP contribution < -0.4 is 0 Å². The molecule has 2 aromatic rings. The van der Waals surface area contributed by atoms with Crippen LogP contribution in [0, 0.1) is 12.7 Å². The molecule has 86 valence electrons. The lowest BCUT2D eigenvalue weighted by atomic mass is 10.4. The van der Waals surface area contributed by atoms with Crippen molar-refractivity contribution in [2.75, 3.05) is 0 Å². The minimum atomic E-state index is -3.22. The quantitative estimate of drug-likeness (QED) is 0.730. The molecule has 0 aliphatic rings. The lowest BCUT2D eigenvalue weighted by molar-refractivity contribution is 0.00798. The van der Waals surface area contributed by atoms with Gasteiger partial charge in [-0.15, -0.1) is 5.10 Å². The zero-order chi connectivity index (χ0) is 12.1. The van der Waals surface area contributed by atoms with E-state index in [0.29, 0.717) is 6.92 Å². The fourth-order valence-electron chi connectivity index (χ4n) is 1.14. The molecule has 0 aromatic carbocycles. The van der Waals surface area contributed by atoms with Gasteiger partial charge < -0.3 is 0 Å². The van der Waals surface area contributed by atoms with Gasteiger partial charge in [0.05, 0.1) is 5.69 Å². The molecular formula is C8H6ClF3N4. The van der Waals surface area contributed by atoms with E-state index in [0.717, 1.165) is 4.52 Å². The van der Waals surface area contributed by atoms with Crippen LogP contribution in [0.1, 0.15) is 18.4 Å². The lowest BCUT2D eigenvalue weighted by Gasteiger charge is -2.02. The second-order valence-corrected chi connectivity index (χ2v) is 3.70. The number of alkyl halides is 2. The molecule has 0 bridgehead atoms. The molecule has 16 heavy (non-hydrogen) atoms. The molecule has 0 amide bonds. The molecule has 0 saturated heterocycles. The Morgan fingerprint density at radius 3 is 2.50 bits per heavy atom. The SMILES string of the molecule is Cc1nc2nc(C(C)(F)F)nn2c(Cl)c1F. The Bertz CT molecular complexity index is 560. The first kappa shape index (κ1) is 11.1. The number of halogens is 4. The summed E-state index contributed by atoms with van der Waals surface area (Å²) in [5, 5.41) is 3.00. The van der Waals surface area contributed by atoms with Gasteiger partial charge in [0.15, 0.2) is 11.0 Å². The standard InChI is InChI=1S/C8H6ClF3N4/c1-3-4(10)5(9)16-7(13-3)14-6(15-16)8(2,11)12/h1-2H3. The number of fused-ring (bicyclic) bond motifs is 1. The first-order valence-corrected chi connectivity index (χ1v) is 4.65. The maximum absolute atomic E-state index is 13.3. The molecule has 0 atom stereocenters. The first-order valence-electron chi connectivity index (χ1n) is 4.27. The van der Waals surface area contributed by atoms with Crippen LogP contribution in [0.3, 0.4) is 0 Å². The van der Waals surface area contributed by atoms with Crippen molar-refractivity contribution in [3.8, 4) is 0 Å². The van der Waals surface area contributed by atoms with E-state index in [2.05, 4.69) is 15.1 Å². The maximum Gasteiger partial charge on any atom is 0.305 e. The van der Waals surface area contributed by atoms with Crippen LogP contribution in [0.4, 0.5) is 13.2 Å². The summed E-state index contributed by atoms with van der Waals surface area (Å²) in [7, 11) is 0. The third kappa shape index (κ3) is 1.60. The minimum Gasteiger partial charge on any atom is -0.213 e. The highest BCUT2D eigenvalue weighted by Gasteiger charge is 2.31. The number of rotatable bonds is 1. The van der Waals surface area contributed by atoms with Crippen molar-refractivity contribution in [3.05, 3.63) is 22.5 Å². The summed E-state index contributed by atoms with van der Waals surface area (Å²) in [5.41, 5.74) is -0.0177. The van der Waals surface area contributed by atoms with Gasteiger partial charge in [0.25, 0.3) is 5.78 Å². The van der Waals surface area contributed by atoms with E-state index >= 15 is 0 Å². The fraction of sp³-hybridized carbons (Fsp3) is 0.375. The molecule has 2 rings (SSSR count). The number of nitrogens with zero attached hydrogens (tertiary/aromatic N) is 4. The van der Waals surface area contributed by atoms with E-state index in [1.54, 1.807) is 0 Å². The maximum atomic E-state index is 13.3. The molecule has 0 aliphatic carbocycles. The molecule has 0 unspecified atom stereocenters. The fourth-order valence-corrected chi connectivity index (χ4v) is 1.39. The zero-order valence-electron chi connectivity index (χ0n) is 8.30. The first-order chi connectivity index (χ1) is 7.30. The van der Waals surface area contributed by atoms with Gasteiger partial charge in [-0.05, 0) is 6.92 Å². The Kier molecular flexibility index (Phi) is 2.30. The topological polar surface area (TPSA) is 43.1 Å². The van der Waals surface area contributed by atoms with Crippen LogP contribution in [0.25, 0.3) is 5.78 Å². The van der Waals surface area contributed by atoms with Gasteiger partial charge in [0.2, 0.25) is 5.82 Å². The number of aromatic nitrogens is 4. The highest BCUT2D eigenvalue weighted by Crippen LogP contribution is 2.25. The second-order valence-electron chi connectivity index (χ2n) is 3.34. The zero-order valence-corrected chi connectivity index (χ0v) is 9.06. The molecule has 4 nitrogen and oxygen atoms in total. The van der Waals surface area contributed by atoms with E-state index in [4.69, 9.17) is 11.6 Å². The third-order valence-corrected chi connectivity index (χ3v) is 2.26. The summed E-state index contributed by atoms with van der Waals surface area (Å²) in [4.78, 5) is 7.15. The number of hydrogen-bond donors (Lipinski definition) is 0. The van der Waals surface area contributed by atoms with Crippen LogP contribution in [-0.2, 0) is 5.92 Å². The van der Waals surface area contributed by atoms with Crippen LogP contribution in [0.2, 0.25) is 5.15 Å². The Balaban J connectivity index is 2.77. The van der Waals surface area contributed by atoms with Gasteiger partial charge in [0, 0.05) is 6.92 Å². The minimum absolute atomic E-state index is 0.0177. The van der Waals surface area contributed by atoms with E-state index in [-0.39, 0.29) is 11.5 Å². The van der Waals surface area contributed by atoms with E-state index in [1.807, 2.05) is 0 Å². The monoisotopic (exact) mass is 250 g/mol. The summed E-state index contributed by atoms with van der Waals surface area (Å²) in [6.45, 7) is 2.00. The Labute approximate surface area is 93.1 Å². The van der Waals surface area contributed by atoms with Gasteiger partial charge in [-0.2, -0.15) is 18.3 Å². The smallest absolute Gasteiger partial charge is 0.213 e. The van der Waals surface area contributed by atoms with Crippen LogP contribution in [0.5, 0.6) is 0 Å². The van der Waals surface area contributed by atoms with Crippen LogP contribution in [0.15, 0.2) is 0 Å². The van der Waals surface area contributed by atoms with Crippen molar-refractivity contribution in [2.45, 2.75) is 19.8 Å². The third-order valence-electron chi connectivity index (χ3n) is 1.94. The second kappa shape index (κ2) is 3.31. The summed E-state index contributed by atoms with van der Waals surface area (Å²) in [6, 6.07) is 0. The summed E-state index contributed by atoms with van der Waals surface area (Å²) in [6.07, 6.45) is 0. The molecule has 8 heteroatoms. The van der Waals surface area contributed by atoms with Crippen molar-refractivity contribution >= 4 is 17.4 Å². The average molecular weight is 251 g/mol. The normalized spacial score (nSPS) is 12.4. The van der Waals surface area contributed by atoms with Crippen LogP contribution in [-0.4, -0.2) is 19.6 Å². The van der Waals surface area contributed by atoms with Crippen molar-refractivity contribution in [3.63, 3.8) is 0 Å². The van der Waals surface area contributed by atoms with E-state index in [9.17, 15) is 13.2 Å². The summed E-state index contributed by atoms with van der Waals surface area (Å²) < 4.78 is 39.9. The molecule has 0 radical (unpaired) electrons. The summed E-state index contributed by atoms with van der Waals surface area (Å²) in [5.74, 6) is -4.92. The Morgan fingerprint density at radius 2 is 1.94 bits per heavy atom. The predicted molar refractivity (Wildman–Crippen MR) is 50.1 cm³/mol. The Morgan fingerprint density at radius 1 is 1.31 bits per heavy atom. The molecular weight excluding hydrogens is 245 g/mol. The van der Waals surface area contributed by atoms with Gasteiger partial charge in [-0.25, -0.2) is 9.37 Å². The number of aryl methyl sites for hydroxylation is 1. The molecule has 2 heterocycles. The molecule has 0 fully saturated rings. The Hall–Kier alpha value is -1.37. The highest BCUT2D eigenvalue weighted by molar-refractivity contribution is 6.29. The van der Waals surface area contributed by atoms with Crippen molar-refractivity contribution < 1.29 is 13.2 Å². The largest absolute Gasteiger partial charge is 0.305 e. The van der Waals surface area contributed by atoms with Gasteiger partial charge >= 0.3 is 5.92 Å². The van der Waals surface area contributed by atoms with E-state index in [1.165, 1.54) is 6.92 Å². The lowest BCUT2D eigenvalue weighted by Crippen LogP contribution is -2.09. The molecule has 0 saturated carbocycles. The van der Waals surface area contributed by atoms with Crippen molar-refractivity contribution in [1.82, 2.24) is 19.6 Å². The average Bonchev–Trinajstić information content (AvgIpc) is 2.57. The van der Waals surface area contributed by atoms with E-state index < -0.39 is 22.7 Å². The summed E-state index contributed by atoms with van der Waals surface area (Å²) >= 11 is 5.60. The van der Waals surface area contributed by atoms with Crippen molar-refractivity contribution in [2.24, 2.45) is 0 Å². The number of hydrogen-bond acceptors (Lipinski definition) is 3. The van der Waals surface area contributed by atoms with Gasteiger partial charge in [-0.3, -0.25) is 0 Å². The van der Waals surface area contributed by atoms with Crippen LogP contribution >= 0.6 is 11.6 Å². The molecule has 0 aliphatic heterocycles. The van der Waals surface area contributed by atoms with Gasteiger partial charge in [0.1, 0.15) is 0 Å². The molecule has 0 spiro atoms. The highest BCUT2D eigenvalue weighted by atomic mass is 35.5. The van der Waals surface area contributed by atoms with Gasteiger partial charge in [-0.1, -0.05) is 11.6 Å². The molecule has 0 N–H and O–H groups in total. The van der Waals surface area contributed by atoms with Crippen molar-refractivity contribution in [1.29, 1.82) is 0 Å². The predicted octanol–water partition coefficient (Wildman–Crippen LogP) is 2.34.